The predicted octanol–water partition coefficient (Wildman–Crippen LogP) is 2.79. The molecule has 1 amide bonds. The van der Waals surface area contributed by atoms with Gasteiger partial charge in [0, 0.05) is 5.56 Å². The molecule has 0 saturated heterocycles. The molecule has 2 aromatic carbocycles. The molecule has 10 nitrogen and oxygen atoms in total. The van der Waals surface area contributed by atoms with Crippen LogP contribution in [0.4, 0.5) is 5.69 Å². The third-order valence-corrected chi connectivity index (χ3v) is 5.45. The van der Waals surface area contributed by atoms with Crippen LogP contribution >= 0.6 is 0 Å². The van der Waals surface area contributed by atoms with Crippen molar-refractivity contribution in [2.75, 3.05) is 32.7 Å². The minimum atomic E-state index is -1.16. The molecule has 0 aliphatic carbocycles. The van der Waals surface area contributed by atoms with Gasteiger partial charge in [-0.25, -0.2) is 4.79 Å². The molecule has 0 spiro atoms. The molecular formula is C25H29N3O7. The lowest BCUT2D eigenvalue weighted by atomic mass is 10.1. The first-order valence-corrected chi connectivity index (χ1v) is 11.1. The van der Waals surface area contributed by atoms with Gasteiger partial charge in [-0.2, -0.15) is 0 Å². The topological polar surface area (TPSA) is 153 Å². The molecule has 0 fully saturated rings. The number of rotatable bonds is 11. The highest BCUT2D eigenvalue weighted by Gasteiger charge is 2.20. The maximum absolute atomic E-state index is 12.9. The number of aliphatic hydroxyl groups excluding tert-OH is 1. The van der Waals surface area contributed by atoms with Crippen molar-refractivity contribution in [3.05, 3.63) is 53.2 Å². The molecule has 0 radical (unpaired) electrons. The quantitative estimate of drug-likeness (QED) is 0.322. The van der Waals surface area contributed by atoms with Crippen molar-refractivity contribution >= 4 is 28.5 Å². The van der Waals surface area contributed by atoms with Crippen LogP contribution < -0.4 is 25.3 Å². The van der Waals surface area contributed by atoms with Gasteiger partial charge in [0.1, 0.15) is 24.5 Å². The Bertz CT molecular complexity index is 1230. The Balaban J connectivity index is 1.78. The third kappa shape index (κ3) is 5.72. The Morgan fingerprint density at radius 3 is 2.57 bits per heavy atom. The van der Waals surface area contributed by atoms with Gasteiger partial charge in [-0.1, -0.05) is 13.0 Å². The average Bonchev–Trinajstić information content (AvgIpc) is 2.84. The number of nitrogens with one attached hydrogen (secondary N) is 1. The number of aromatic nitrogens is 1. The lowest BCUT2D eigenvalue weighted by Gasteiger charge is -2.20. The minimum absolute atomic E-state index is 0.0624. The molecule has 35 heavy (non-hydrogen) atoms. The number of carbonyl (C=O) groups is 2. The molecular weight excluding hydrogens is 454 g/mol. The summed E-state index contributed by atoms with van der Waals surface area (Å²) in [7, 11) is 1.49. The number of hydrogen-bond donors (Lipinski definition) is 4. The number of methoxy groups -OCH3 is 1. The lowest BCUT2D eigenvalue weighted by Crippen LogP contribution is -2.38. The number of nitrogens with two attached hydrogens (primary N) is 1. The van der Waals surface area contributed by atoms with E-state index in [0.29, 0.717) is 45.8 Å². The zero-order valence-electron chi connectivity index (χ0n) is 19.8. The fourth-order valence-corrected chi connectivity index (χ4v) is 3.64. The van der Waals surface area contributed by atoms with Gasteiger partial charge in [0.25, 0.3) is 5.91 Å². The SMILES string of the molecule is CCC(COc1cccc2nc(C)c(C(=O)O)c(N)c12)NC(=O)c1ccc(OC)c(OCCO)c1. The van der Waals surface area contributed by atoms with Crippen molar-refractivity contribution in [3.8, 4) is 17.2 Å². The molecule has 5 N–H and O–H groups in total. The first kappa shape index (κ1) is 25.6. The van der Waals surface area contributed by atoms with E-state index in [2.05, 4.69) is 10.3 Å². The number of aromatic carboxylic acids is 1. The summed E-state index contributed by atoms with van der Waals surface area (Å²) in [6.07, 6.45) is 0.577. The number of pyridine rings is 1. The number of fused-ring (bicyclic) bond motifs is 1. The second-order valence-corrected chi connectivity index (χ2v) is 7.77. The van der Waals surface area contributed by atoms with Crippen molar-refractivity contribution in [1.29, 1.82) is 0 Å². The van der Waals surface area contributed by atoms with Crippen LogP contribution in [0.3, 0.4) is 0 Å². The molecule has 1 aromatic heterocycles. The number of carboxylic acid groups (broad SMARTS) is 1. The Labute approximate surface area is 202 Å². The highest BCUT2D eigenvalue weighted by atomic mass is 16.5. The number of amides is 1. The zero-order chi connectivity index (χ0) is 25.5. The fraction of sp³-hybridized carbons (Fsp3) is 0.320. The summed E-state index contributed by atoms with van der Waals surface area (Å²) >= 11 is 0. The largest absolute Gasteiger partial charge is 0.493 e. The second-order valence-electron chi connectivity index (χ2n) is 7.77. The van der Waals surface area contributed by atoms with Gasteiger partial charge in [-0.15, -0.1) is 0 Å². The summed E-state index contributed by atoms with van der Waals surface area (Å²) in [5, 5.41) is 21.9. The number of carbonyl (C=O) groups excluding carboxylic acids is 1. The first-order valence-electron chi connectivity index (χ1n) is 11.1. The summed E-state index contributed by atoms with van der Waals surface area (Å²) in [5.41, 5.74) is 7.40. The summed E-state index contributed by atoms with van der Waals surface area (Å²) in [6, 6.07) is 9.59. The van der Waals surface area contributed by atoms with E-state index in [9.17, 15) is 14.7 Å². The number of hydrogen-bond acceptors (Lipinski definition) is 8. The number of aliphatic hydroxyl groups is 1. The Hall–Kier alpha value is -4.05. The molecule has 0 aliphatic heterocycles. The lowest BCUT2D eigenvalue weighted by molar-refractivity contribution is 0.0696. The van der Waals surface area contributed by atoms with Crippen molar-refractivity contribution in [2.24, 2.45) is 0 Å². The molecule has 3 rings (SSSR count). The van der Waals surface area contributed by atoms with E-state index in [-0.39, 0.29) is 43.0 Å². The fourth-order valence-electron chi connectivity index (χ4n) is 3.64. The monoisotopic (exact) mass is 483 g/mol. The number of aryl methyl sites for hydroxylation is 1. The van der Waals surface area contributed by atoms with Gasteiger partial charge in [0.15, 0.2) is 11.5 Å². The van der Waals surface area contributed by atoms with Crippen LogP contribution in [0.25, 0.3) is 10.9 Å². The third-order valence-electron chi connectivity index (χ3n) is 5.45. The number of ether oxygens (including phenoxy) is 3. The second kappa shape index (κ2) is 11.4. The molecule has 0 saturated carbocycles. The van der Waals surface area contributed by atoms with Crippen LogP contribution in [-0.4, -0.2) is 60.0 Å². The van der Waals surface area contributed by atoms with Gasteiger partial charge < -0.3 is 35.5 Å². The predicted molar refractivity (Wildman–Crippen MR) is 130 cm³/mol. The van der Waals surface area contributed by atoms with Gasteiger partial charge in [0.05, 0.1) is 42.0 Å². The highest BCUT2D eigenvalue weighted by molar-refractivity contribution is 6.06. The number of nitrogen functional groups attached to an aromatic ring is 1. The van der Waals surface area contributed by atoms with Crippen molar-refractivity contribution < 1.29 is 34.0 Å². The van der Waals surface area contributed by atoms with Crippen LogP contribution in [0.1, 0.15) is 39.8 Å². The number of nitrogens with zero attached hydrogens (tertiary/aromatic N) is 1. The van der Waals surface area contributed by atoms with E-state index < -0.39 is 5.97 Å². The molecule has 1 heterocycles. The highest BCUT2D eigenvalue weighted by Crippen LogP contribution is 2.33. The summed E-state index contributed by atoms with van der Waals surface area (Å²) in [5.74, 6) is -0.318. The number of benzene rings is 2. The van der Waals surface area contributed by atoms with E-state index >= 15 is 0 Å². The van der Waals surface area contributed by atoms with Crippen LogP contribution in [-0.2, 0) is 0 Å². The Morgan fingerprint density at radius 2 is 1.91 bits per heavy atom. The normalized spacial score (nSPS) is 11.7. The van der Waals surface area contributed by atoms with Gasteiger partial charge >= 0.3 is 5.97 Å². The van der Waals surface area contributed by atoms with E-state index in [1.54, 1.807) is 43.3 Å². The van der Waals surface area contributed by atoms with E-state index in [4.69, 9.17) is 25.1 Å². The van der Waals surface area contributed by atoms with E-state index in [1.165, 1.54) is 7.11 Å². The molecule has 10 heteroatoms. The Morgan fingerprint density at radius 1 is 1.14 bits per heavy atom. The molecule has 1 atom stereocenters. The number of carboxylic acids is 1. The van der Waals surface area contributed by atoms with Crippen molar-refractivity contribution in [2.45, 2.75) is 26.3 Å². The van der Waals surface area contributed by atoms with Crippen LogP contribution in [0.5, 0.6) is 17.2 Å². The summed E-state index contributed by atoms with van der Waals surface area (Å²) in [6.45, 7) is 3.52. The first-order chi connectivity index (χ1) is 16.8. The molecule has 3 aromatic rings. The summed E-state index contributed by atoms with van der Waals surface area (Å²) in [4.78, 5) is 28.9. The zero-order valence-corrected chi connectivity index (χ0v) is 19.8. The smallest absolute Gasteiger partial charge is 0.339 e. The molecule has 1 unspecified atom stereocenters. The van der Waals surface area contributed by atoms with Gasteiger partial charge in [0.2, 0.25) is 0 Å². The van der Waals surface area contributed by atoms with Crippen LogP contribution in [0, 0.1) is 6.92 Å². The van der Waals surface area contributed by atoms with Crippen LogP contribution in [0.15, 0.2) is 36.4 Å². The molecule has 0 aliphatic rings. The van der Waals surface area contributed by atoms with E-state index in [1.807, 2.05) is 6.92 Å². The minimum Gasteiger partial charge on any atom is -0.493 e. The maximum Gasteiger partial charge on any atom is 0.339 e. The summed E-state index contributed by atoms with van der Waals surface area (Å²) < 4.78 is 16.7. The van der Waals surface area contributed by atoms with Crippen molar-refractivity contribution in [3.63, 3.8) is 0 Å². The molecule has 186 valence electrons. The van der Waals surface area contributed by atoms with E-state index in [0.717, 1.165) is 0 Å². The van der Waals surface area contributed by atoms with Gasteiger partial charge in [-0.3, -0.25) is 9.78 Å². The van der Waals surface area contributed by atoms with Crippen molar-refractivity contribution in [1.82, 2.24) is 10.3 Å². The maximum atomic E-state index is 12.9. The van der Waals surface area contributed by atoms with Crippen LogP contribution in [0.2, 0.25) is 0 Å². The standard InChI is InChI=1S/C25H29N3O7/c1-4-16(28-24(30)15-8-9-18(33-3)20(12-15)34-11-10-29)13-35-19-7-5-6-17-22(19)23(26)21(25(31)32)14(2)27-17/h5-9,12,16,29H,4,10-11,13H2,1-3H3,(H2,26,27)(H,28,30)(H,31,32). The van der Waals surface area contributed by atoms with Gasteiger partial charge in [-0.05, 0) is 43.7 Å². The average molecular weight is 484 g/mol. The Kier molecular flexibility index (Phi) is 8.32. The molecule has 0 bridgehead atoms. The number of anilines is 1.